The van der Waals surface area contributed by atoms with Crippen molar-refractivity contribution in [1.82, 2.24) is 10.2 Å². The Kier molecular flexibility index (Phi) is 7.23. The number of nitrogens with two attached hydrogens (primary N) is 1. The van der Waals surface area contributed by atoms with Crippen molar-refractivity contribution < 1.29 is 9.53 Å². The van der Waals surface area contributed by atoms with E-state index < -0.39 is 0 Å². The van der Waals surface area contributed by atoms with Crippen LogP contribution in [0.25, 0.3) is 0 Å². The maximum Gasteiger partial charge on any atom is 0.224 e. The number of nitrogens with one attached hydrogen (secondary N) is 1. The van der Waals surface area contributed by atoms with Gasteiger partial charge in [0.2, 0.25) is 5.91 Å². The Bertz CT molecular complexity index is 248. The second-order valence-corrected chi connectivity index (χ2v) is 4.86. The molecule has 0 spiro atoms. The van der Waals surface area contributed by atoms with Crippen LogP contribution in [0.5, 0.6) is 0 Å². The third-order valence-electron chi connectivity index (χ3n) is 3.56. The van der Waals surface area contributed by atoms with Gasteiger partial charge in [0.15, 0.2) is 0 Å². The van der Waals surface area contributed by atoms with Gasteiger partial charge in [0.05, 0.1) is 12.0 Å². The minimum atomic E-state index is 0.146. The zero-order valence-corrected chi connectivity index (χ0v) is 11.7. The molecule has 5 nitrogen and oxygen atoms in total. The molecule has 0 aromatic heterocycles. The maximum atomic E-state index is 11.6. The van der Waals surface area contributed by atoms with E-state index in [-0.39, 0.29) is 17.9 Å². The van der Waals surface area contributed by atoms with E-state index in [2.05, 4.69) is 10.2 Å². The normalized spacial score (nSPS) is 22.7. The van der Waals surface area contributed by atoms with Crippen molar-refractivity contribution in [2.75, 3.05) is 39.8 Å². The van der Waals surface area contributed by atoms with Gasteiger partial charge < -0.3 is 20.7 Å². The minimum Gasteiger partial charge on any atom is -0.377 e. The van der Waals surface area contributed by atoms with Gasteiger partial charge in [-0.15, -0.1) is 0 Å². The molecule has 0 bridgehead atoms. The fourth-order valence-corrected chi connectivity index (χ4v) is 2.51. The summed E-state index contributed by atoms with van der Waals surface area (Å²) in [5, 5.41) is 2.74. The van der Waals surface area contributed by atoms with Crippen LogP contribution < -0.4 is 11.1 Å². The van der Waals surface area contributed by atoms with Crippen LogP contribution in [-0.4, -0.2) is 56.7 Å². The molecule has 106 valence electrons. The van der Waals surface area contributed by atoms with Crippen LogP contribution in [-0.2, 0) is 9.53 Å². The molecule has 5 heteroatoms. The number of likely N-dealkylation sites (tertiary alicyclic amines) is 1. The van der Waals surface area contributed by atoms with Crippen LogP contribution in [0.3, 0.4) is 0 Å². The zero-order chi connectivity index (χ0) is 13.4. The van der Waals surface area contributed by atoms with Gasteiger partial charge in [0.25, 0.3) is 0 Å². The fourth-order valence-electron chi connectivity index (χ4n) is 2.51. The number of ether oxygens (including phenoxy) is 1. The summed E-state index contributed by atoms with van der Waals surface area (Å²) in [7, 11) is 1.71. The zero-order valence-electron chi connectivity index (χ0n) is 11.7. The number of carbonyl (C=O) groups is 1. The lowest BCUT2D eigenvalue weighted by molar-refractivity contribution is -0.126. The summed E-state index contributed by atoms with van der Waals surface area (Å²) in [6, 6.07) is 0. The summed E-state index contributed by atoms with van der Waals surface area (Å²) in [5.41, 5.74) is 5.66. The van der Waals surface area contributed by atoms with E-state index in [1.54, 1.807) is 7.05 Å². The average Bonchev–Trinajstić information content (AvgIpc) is 2.42. The van der Waals surface area contributed by atoms with Gasteiger partial charge in [-0.2, -0.15) is 0 Å². The molecule has 0 aromatic rings. The SMILES string of the molecule is CCOC(CN)CCN1CCCC(C(=O)NC)C1. The van der Waals surface area contributed by atoms with Gasteiger partial charge in [-0.1, -0.05) is 0 Å². The van der Waals surface area contributed by atoms with Gasteiger partial charge in [-0.05, 0) is 32.7 Å². The molecule has 0 aromatic carbocycles. The van der Waals surface area contributed by atoms with Gasteiger partial charge in [0, 0.05) is 33.3 Å². The molecule has 0 saturated carbocycles. The lowest BCUT2D eigenvalue weighted by Crippen LogP contribution is -2.43. The summed E-state index contributed by atoms with van der Waals surface area (Å²) in [6.07, 6.45) is 3.20. The van der Waals surface area contributed by atoms with Crippen LogP contribution in [0, 0.1) is 5.92 Å². The van der Waals surface area contributed by atoms with Crippen LogP contribution >= 0.6 is 0 Å². The lowest BCUT2D eigenvalue weighted by atomic mass is 9.97. The van der Waals surface area contributed by atoms with E-state index in [1.807, 2.05) is 6.92 Å². The first-order valence-corrected chi connectivity index (χ1v) is 6.96. The van der Waals surface area contributed by atoms with E-state index in [0.29, 0.717) is 13.2 Å². The average molecular weight is 257 g/mol. The first-order chi connectivity index (χ1) is 8.71. The van der Waals surface area contributed by atoms with Crippen molar-refractivity contribution in [3.05, 3.63) is 0 Å². The van der Waals surface area contributed by atoms with Crippen molar-refractivity contribution in [3.63, 3.8) is 0 Å². The number of piperidine rings is 1. The first kappa shape index (κ1) is 15.4. The number of hydrogen-bond acceptors (Lipinski definition) is 4. The van der Waals surface area contributed by atoms with Crippen molar-refractivity contribution in [1.29, 1.82) is 0 Å². The van der Waals surface area contributed by atoms with Crippen LogP contribution in [0.1, 0.15) is 26.2 Å². The molecular formula is C13H27N3O2. The van der Waals surface area contributed by atoms with Crippen LogP contribution in [0.4, 0.5) is 0 Å². The van der Waals surface area contributed by atoms with E-state index in [9.17, 15) is 4.79 Å². The quantitative estimate of drug-likeness (QED) is 0.683. The number of rotatable bonds is 7. The Labute approximate surface area is 110 Å². The Hall–Kier alpha value is -0.650. The van der Waals surface area contributed by atoms with E-state index in [0.717, 1.165) is 38.9 Å². The molecule has 2 unspecified atom stereocenters. The Morgan fingerprint density at radius 3 is 3.00 bits per heavy atom. The summed E-state index contributed by atoms with van der Waals surface area (Å²) in [5.74, 6) is 0.312. The number of carbonyl (C=O) groups excluding carboxylic acids is 1. The molecule has 1 rings (SSSR count). The van der Waals surface area contributed by atoms with E-state index in [1.165, 1.54) is 0 Å². The van der Waals surface area contributed by atoms with Crippen molar-refractivity contribution in [2.45, 2.75) is 32.3 Å². The molecule has 1 amide bonds. The molecule has 1 aliphatic heterocycles. The number of hydrogen-bond donors (Lipinski definition) is 2. The Morgan fingerprint density at radius 1 is 1.61 bits per heavy atom. The number of nitrogens with zero attached hydrogens (tertiary/aromatic N) is 1. The van der Waals surface area contributed by atoms with Crippen molar-refractivity contribution in [3.8, 4) is 0 Å². The highest BCUT2D eigenvalue weighted by Gasteiger charge is 2.25. The third kappa shape index (κ3) is 4.92. The van der Waals surface area contributed by atoms with Crippen molar-refractivity contribution in [2.24, 2.45) is 11.7 Å². The molecule has 1 aliphatic rings. The topological polar surface area (TPSA) is 67.6 Å². The summed E-state index contributed by atoms with van der Waals surface area (Å²) < 4.78 is 5.55. The highest BCUT2D eigenvalue weighted by Crippen LogP contribution is 2.17. The highest BCUT2D eigenvalue weighted by atomic mass is 16.5. The largest absolute Gasteiger partial charge is 0.377 e. The highest BCUT2D eigenvalue weighted by molar-refractivity contribution is 5.78. The molecule has 1 heterocycles. The van der Waals surface area contributed by atoms with Crippen LogP contribution in [0.2, 0.25) is 0 Å². The van der Waals surface area contributed by atoms with E-state index >= 15 is 0 Å². The Morgan fingerprint density at radius 2 is 2.39 bits per heavy atom. The smallest absolute Gasteiger partial charge is 0.224 e. The standard InChI is InChI=1S/C13H27N3O2/c1-3-18-12(9-14)6-8-16-7-4-5-11(10-16)13(17)15-2/h11-12H,3-10,14H2,1-2H3,(H,15,17). The minimum absolute atomic E-state index is 0.146. The summed E-state index contributed by atoms with van der Waals surface area (Å²) >= 11 is 0. The lowest BCUT2D eigenvalue weighted by Gasteiger charge is -2.32. The van der Waals surface area contributed by atoms with Gasteiger partial charge in [0.1, 0.15) is 0 Å². The molecule has 1 saturated heterocycles. The molecule has 18 heavy (non-hydrogen) atoms. The van der Waals surface area contributed by atoms with E-state index in [4.69, 9.17) is 10.5 Å². The molecule has 2 atom stereocenters. The molecule has 3 N–H and O–H groups in total. The summed E-state index contributed by atoms with van der Waals surface area (Å²) in [6.45, 7) is 6.18. The first-order valence-electron chi connectivity index (χ1n) is 6.96. The second-order valence-electron chi connectivity index (χ2n) is 4.86. The van der Waals surface area contributed by atoms with Crippen molar-refractivity contribution >= 4 is 5.91 Å². The summed E-state index contributed by atoms with van der Waals surface area (Å²) in [4.78, 5) is 14.0. The fraction of sp³-hybridized carbons (Fsp3) is 0.923. The van der Waals surface area contributed by atoms with Gasteiger partial charge in [-0.3, -0.25) is 4.79 Å². The number of amides is 1. The third-order valence-corrected chi connectivity index (χ3v) is 3.56. The van der Waals surface area contributed by atoms with Gasteiger partial charge >= 0.3 is 0 Å². The molecular weight excluding hydrogens is 230 g/mol. The Balaban J connectivity index is 2.31. The van der Waals surface area contributed by atoms with Gasteiger partial charge in [-0.25, -0.2) is 0 Å². The molecule has 0 radical (unpaired) electrons. The monoisotopic (exact) mass is 257 g/mol. The molecule has 1 fully saturated rings. The predicted molar refractivity (Wildman–Crippen MR) is 72.3 cm³/mol. The predicted octanol–water partition coefficient (Wildman–Crippen LogP) is 0.198. The van der Waals surface area contributed by atoms with Crippen LogP contribution in [0.15, 0.2) is 0 Å². The molecule has 0 aliphatic carbocycles. The second kappa shape index (κ2) is 8.45. The maximum absolute atomic E-state index is 11.6.